The molecule has 0 unspecified atom stereocenters. The molecule has 0 saturated heterocycles. The lowest BCUT2D eigenvalue weighted by molar-refractivity contribution is -0.121. The Morgan fingerprint density at radius 1 is 0.968 bits per heavy atom. The number of para-hydroxylation sites is 1. The second-order valence-electron chi connectivity index (χ2n) is 7.35. The number of aromatic nitrogens is 2. The fourth-order valence-corrected chi connectivity index (χ4v) is 3.53. The van der Waals surface area contributed by atoms with Gasteiger partial charge in [-0.15, -0.1) is 0 Å². The van der Waals surface area contributed by atoms with Gasteiger partial charge < -0.3 is 14.6 Å². The first-order valence-corrected chi connectivity index (χ1v) is 10.6. The third-order valence-corrected chi connectivity index (χ3v) is 5.06. The van der Waals surface area contributed by atoms with E-state index in [1.165, 1.54) is 0 Å². The minimum atomic E-state index is -0.0147. The van der Waals surface area contributed by atoms with Crippen LogP contribution in [0.1, 0.15) is 25.5 Å². The van der Waals surface area contributed by atoms with Gasteiger partial charge in [-0.25, -0.2) is 9.97 Å². The van der Waals surface area contributed by atoms with Gasteiger partial charge in [0.05, 0.1) is 18.3 Å². The van der Waals surface area contributed by atoms with Gasteiger partial charge in [0, 0.05) is 30.5 Å². The average Bonchev–Trinajstić information content (AvgIpc) is 3.34. The Bertz CT molecular complexity index is 1130. The van der Waals surface area contributed by atoms with E-state index in [1.54, 1.807) is 6.26 Å². The Kier molecular flexibility index (Phi) is 6.57. The number of furan rings is 1. The summed E-state index contributed by atoms with van der Waals surface area (Å²) in [6.45, 7) is 3.91. The molecule has 6 nitrogen and oxygen atoms in total. The number of nitrogens with zero attached hydrogens (tertiary/aromatic N) is 3. The topological polar surface area (TPSA) is 71.3 Å². The molecule has 0 radical (unpaired) electrons. The molecule has 4 rings (SSSR count). The smallest absolute Gasteiger partial charge is 0.222 e. The normalized spacial score (nSPS) is 10.9. The summed E-state index contributed by atoms with van der Waals surface area (Å²) in [5, 5.41) is 3.91. The van der Waals surface area contributed by atoms with Gasteiger partial charge in [-0.3, -0.25) is 4.79 Å². The molecule has 0 spiro atoms. The first-order valence-electron chi connectivity index (χ1n) is 10.6. The average molecular weight is 415 g/mol. The van der Waals surface area contributed by atoms with Crippen LogP contribution in [-0.2, 0) is 11.3 Å². The second-order valence-corrected chi connectivity index (χ2v) is 7.35. The third-order valence-electron chi connectivity index (χ3n) is 5.06. The fourth-order valence-electron chi connectivity index (χ4n) is 3.53. The minimum Gasteiger partial charge on any atom is -0.467 e. The number of nitrogens with one attached hydrogen (secondary N) is 1. The van der Waals surface area contributed by atoms with Gasteiger partial charge in [-0.2, -0.15) is 0 Å². The molecule has 2 aromatic carbocycles. The van der Waals surface area contributed by atoms with Crippen molar-refractivity contribution in [2.45, 2.75) is 26.3 Å². The Labute approximate surface area is 181 Å². The summed E-state index contributed by atoms with van der Waals surface area (Å²) in [5.74, 6) is 2.29. The molecule has 6 heteroatoms. The van der Waals surface area contributed by atoms with Crippen LogP contribution < -0.4 is 10.2 Å². The van der Waals surface area contributed by atoms with Crippen LogP contribution in [0, 0.1) is 0 Å². The van der Waals surface area contributed by atoms with E-state index in [1.807, 2.05) is 66.7 Å². The molecule has 0 aliphatic carbocycles. The van der Waals surface area contributed by atoms with Crippen molar-refractivity contribution in [3.05, 3.63) is 78.8 Å². The Morgan fingerprint density at radius 2 is 1.77 bits per heavy atom. The molecular weight excluding hydrogens is 388 g/mol. The van der Waals surface area contributed by atoms with Crippen LogP contribution in [0.15, 0.2) is 77.4 Å². The molecule has 1 N–H and O–H groups in total. The number of carbonyl (C=O) groups excluding carboxylic acids is 1. The van der Waals surface area contributed by atoms with Crippen LogP contribution in [0.2, 0.25) is 0 Å². The Morgan fingerprint density at radius 3 is 2.55 bits per heavy atom. The van der Waals surface area contributed by atoms with Crippen LogP contribution in [0.5, 0.6) is 0 Å². The van der Waals surface area contributed by atoms with E-state index in [0.717, 1.165) is 41.0 Å². The van der Waals surface area contributed by atoms with Crippen molar-refractivity contribution in [2.24, 2.45) is 0 Å². The number of rotatable bonds is 9. The summed E-state index contributed by atoms with van der Waals surface area (Å²) in [5.41, 5.74) is 1.87. The summed E-state index contributed by atoms with van der Waals surface area (Å²) in [6.07, 6.45) is 2.93. The maximum atomic E-state index is 12.4. The van der Waals surface area contributed by atoms with Crippen molar-refractivity contribution in [2.75, 3.05) is 18.0 Å². The zero-order chi connectivity index (χ0) is 21.5. The number of fused-ring (bicyclic) bond motifs is 1. The molecular formula is C25H26N4O2. The van der Waals surface area contributed by atoms with Crippen LogP contribution >= 0.6 is 0 Å². The van der Waals surface area contributed by atoms with Crippen molar-refractivity contribution in [3.8, 4) is 11.4 Å². The number of benzene rings is 2. The first kappa shape index (κ1) is 20.6. The van der Waals surface area contributed by atoms with Crippen molar-refractivity contribution < 1.29 is 9.21 Å². The van der Waals surface area contributed by atoms with Gasteiger partial charge in [0.15, 0.2) is 5.82 Å². The molecule has 158 valence electrons. The monoisotopic (exact) mass is 414 g/mol. The summed E-state index contributed by atoms with van der Waals surface area (Å²) in [4.78, 5) is 24.3. The van der Waals surface area contributed by atoms with Gasteiger partial charge in [0.1, 0.15) is 11.6 Å². The lowest BCUT2D eigenvalue weighted by atomic mass is 10.1. The number of hydrogen-bond donors (Lipinski definition) is 1. The predicted octanol–water partition coefficient (Wildman–Crippen LogP) is 4.81. The first-order chi connectivity index (χ1) is 15.2. The van der Waals surface area contributed by atoms with E-state index in [9.17, 15) is 4.79 Å². The van der Waals surface area contributed by atoms with Crippen LogP contribution in [-0.4, -0.2) is 29.0 Å². The number of carbonyl (C=O) groups is 1. The van der Waals surface area contributed by atoms with Gasteiger partial charge in [-0.05, 0) is 30.7 Å². The number of hydrogen-bond acceptors (Lipinski definition) is 5. The van der Waals surface area contributed by atoms with Crippen molar-refractivity contribution in [3.63, 3.8) is 0 Å². The summed E-state index contributed by atoms with van der Waals surface area (Å²) in [6, 6.07) is 21.7. The molecule has 0 saturated carbocycles. The minimum absolute atomic E-state index is 0.0147. The van der Waals surface area contributed by atoms with E-state index in [-0.39, 0.29) is 5.91 Å². The molecule has 31 heavy (non-hydrogen) atoms. The highest BCUT2D eigenvalue weighted by molar-refractivity contribution is 5.91. The molecule has 0 bridgehead atoms. The highest BCUT2D eigenvalue weighted by Gasteiger charge is 2.16. The number of anilines is 1. The zero-order valence-electron chi connectivity index (χ0n) is 17.6. The van der Waals surface area contributed by atoms with Crippen LogP contribution in [0.4, 0.5) is 5.82 Å². The summed E-state index contributed by atoms with van der Waals surface area (Å²) >= 11 is 0. The van der Waals surface area contributed by atoms with E-state index in [0.29, 0.717) is 25.3 Å². The molecule has 0 atom stereocenters. The number of amides is 1. The SMILES string of the molecule is CCCN(CCC(=O)NCc1ccco1)c1nc(-c2ccccc2)nc2ccccc12. The quantitative estimate of drug-likeness (QED) is 0.425. The van der Waals surface area contributed by atoms with Gasteiger partial charge in [0.25, 0.3) is 0 Å². The molecule has 4 aromatic rings. The maximum Gasteiger partial charge on any atom is 0.222 e. The zero-order valence-corrected chi connectivity index (χ0v) is 17.6. The van der Waals surface area contributed by atoms with E-state index >= 15 is 0 Å². The maximum absolute atomic E-state index is 12.4. The Hall–Kier alpha value is -3.67. The van der Waals surface area contributed by atoms with E-state index in [4.69, 9.17) is 14.4 Å². The van der Waals surface area contributed by atoms with Crippen LogP contribution in [0.25, 0.3) is 22.3 Å². The standard InChI is InChI=1S/C25H26N4O2/c1-2-15-29(16-14-23(30)26-18-20-11-8-17-31-20)25-21-12-6-7-13-22(21)27-24(28-25)19-9-4-3-5-10-19/h3-13,17H,2,14-16,18H2,1H3,(H,26,30). The molecule has 2 aromatic heterocycles. The van der Waals surface area contributed by atoms with Gasteiger partial charge in [0.2, 0.25) is 5.91 Å². The summed E-state index contributed by atoms with van der Waals surface area (Å²) in [7, 11) is 0. The molecule has 0 aliphatic heterocycles. The molecule has 2 heterocycles. The van der Waals surface area contributed by atoms with E-state index < -0.39 is 0 Å². The second kappa shape index (κ2) is 9.89. The molecule has 0 fully saturated rings. The highest BCUT2D eigenvalue weighted by Crippen LogP contribution is 2.27. The van der Waals surface area contributed by atoms with E-state index in [2.05, 4.69) is 17.1 Å². The predicted molar refractivity (Wildman–Crippen MR) is 123 cm³/mol. The van der Waals surface area contributed by atoms with Crippen LogP contribution in [0.3, 0.4) is 0 Å². The summed E-state index contributed by atoms with van der Waals surface area (Å²) < 4.78 is 5.28. The van der Waals surface area contributed by atoms with Crippen molar-refractivity contribution in [1.29, 1.82) is 0 Å². The Balaban J connectivity index is 1.57. The largest absolute Gasteiger partial charge is 0.467 e. The lowest BCUT2D eigenvalue weighted by Gasteiger charge is -2.25. The highest BCUT2D eigenvalue weighted by atomic mass is 16.3. The van der Waals surface area contributed by atoms with Gasteiger partial charge >= 0.3 is 0 Å². The van der Waals surface area contributed by atoms with Crippen molar-refractivity contribution >= 4 is 22.6 Å². The lowest BCUT2D eigenvalue weighted by Crippen LogP contribution is -2.32. The molecule has 1 amide bonds. The van der Waals surface area contributed by atoms with Gasteiger partial charge in [-0.1, -0.05) is 49.4 Å². The molecule has 0 aliphatic rings. The third kappa shape index (κ3) is 5.09. The fraction of sp³-hybridized carbons (Fsp3) is 0.240. The van der Waals surface area contributed by atoms with Crippen molar-refractivity contribution in [1.82, 2.24) is 15.3 Å².